The fraction of sp³-hybridized carbons (Fsp3) is 1.00. The van der Waals surface area contributed by atoms with Crippen molar-refractivity contribution in [3.8, 4) is 0 Å². The van der Waals surface area contributed by atoms with E-state index < -0.39 is 0 Å². The van der Waals surface area contributed by atoms with Crippen LogP contribution in [0.5, 0.6) is 0 Å². The number of nitrogens with zero attached hydrogens (tertiary/aromatic N) is 2. The molecule has 1 saturated carbocycles. The molecule has 2 fully saturated rings. The van der Waals surface area contributed by atoms with E-state index in [1.54, 1.807) is 0 Å². The number of piperazine rings is 1. The SMILES string of the molecule is CC1CC(NCC2CN(C)CCN2C)C1. The Morgan fingerprint density at radius 2 is 1.93 bits per heavy atom. The number of hydrogen-bond donors (Lipinski definition) is 1. The van der Waals surface area contributed by atoms with E-state index in [2.05, 4.69) is 36.1 Å². The third-order valence-electron chi connectivity index (χ3n) is 4.00. The Labute approximate surface area is 93.8 Å². The summed E-state index contributed by atoms with van der Waals surface area (Å²) in [6.07, 6.45) is 2.76. The van der Waals surface area contributed by atoms with Gasteiger partial charge in [-0.15, -0.1) is 0 Å². The molecular weight excluding hydrogens is 186 g/mol. The van der Waals surface area contributed by atoms with E-state index in [0.29, 0.717) is 6.04 Å². The lowest BCUT2D eigenvalue weighted by atomic mass is 9.82. The van der Waals surface area contributed by atoms with Gasteiger partial charge in [0.15, 0.2) is 0 Å². The summed E-state index contributed by atoms with van der Waals surface area (Å²) in [7, 11) is 4.48. The summed E-state index contributed by atoms with van der Waals surface area (Å²) in [4.78, 5) is 4.94. The van der Waals surface area contributed by atoms with E-state index in [9.17, 15) is 0 Å². The molecule has 2 aliphatic rings. The van der Waals surface area contributed by atoms with Crippen molar-refractivity contribution in [2.45, 2.75) is 31.8 Å². The lowest BCUT2D eigenvalue weighted by Crippen LogP contribution is -2.55. The van der Waals surface area contributed by atoms with Crippen LogP contribution in [-0.2, 0) is 0 Å². The Morgan fingerprint density at radius 1 is 1.20 bits per heavy atom. The zero-order valence-electron chi connectivity index (χ0n) is 10.4. The highest BCUT2D eigenvalue weighted by Crippen LogP contribution is 2.26. The summed E-state index contributed by atoms with van der Waals surface area (Å²) in [5, 5.41) is 3.70. The van der Waals surface area contributed by atoms with Crippen molar-refractivity contribution in [3.05, 3.63) is 0 Å². The summed E-state index contributed by atoms with van der Waals surface area (Å²) in [5.41, 5.74) is 0. The van der Waals surface area contributed by atoms with Crippen molar-refractivity contribution in [2.75, 3.05) is 40.3 Å². The van der Waals surface area contributed by atoms with Crippen molar-refractivity contribution >= 4 is 0 Å². The smallest absolute Gasteiger partial charge is 0.0345 e. The maximum atomic E-state index is 3.70. The Balaban J connectivity index is 1.68. The van der Waals surface area contributed by atoms with Gasteiger partial charge in [-0.1, -0.05) is 6.92 Å². The fourth-order valence-electron chi connectivity index (χ4n) is 2.69. The highest BCUT2D eigenvalue weighted by atomic mass is 15.3. The third kappa shape index (κ3) is 2.92. The molecule has 3 heteroatoms. The molecule has 0 aromatic carbocycles. The normalized spacial score (nSPS) is 39.0. The molecule has 0 radical (unpaired) electrons. The minimum absolute atomic E-state index is 0.708. The quantitative estimate of drug-likeness (QED) is 0.738. The molecule has 0 amide bonds. The van der Waals surface area contributed by atoms with Gasteiger partial charge in [-0.25, -0.2) is 0 Å². The third-order valence-corrected chi connectivity index (χ3v) is 4.00. The van der Waals surface area contributed by atoms with Gasteiger partial charge < -0.3 is 10.2 Å². The summed E-state index contributed by atoms with van der Waals surface area (Å²) in [6, 6.07) is 1.51. The molecule has 1 atom stereocenters. The molecule has 2 rings (SSSR count). The summed E-state index contributed by atoms with van der Waals surface area (Å²) in [5.74, 6) is 0.953. The molecule has 0 aromatic rings. The molecule has 88 valence electrons. The Hall–Kier alpha value is -0.120. The van der Waals surface area contributed by atoms with Gasteiger partial charge in [0.1, 0.15) is 0 Å². The molecule has 1 aliphatic carbocycles. The zero-order valence-corrected chi connectivity index (χ0v) is 10.4. The van der Waals surface area contributed by atoms with Crippen LogP contribution in [0.1, 0.15) is 19.8 Å². The maximum absolute atomic E-state index is 3.70. The molecule has 1 unspecified atom stereocenters. The van der Waals surface area contributed by atoms with Crippen LogP contribution in [0.15, 0.2) is 0 Å². The average molecular weight is 211 g/mol. The van der Waals surface area contributed by atoms with E-state index in [0.717, 1.165) is 18.5 Å². The van der Waals surface area contributed by atoms with Crippen LogP contribution in [0.4, 0.5) is 0 Å². The highest BCUT2D eigenvalue weighted by molar-refractivity contribution is 4.86. The van der Waals surface area contributed by atoms with Gasteiger partial charge in [0, 0.05) is 38.3 Å². The Bertz CT molecular complexity index is 201. The number of likely N-dealkylation sites (N-methyl/N-ethyl adjacent to an activating group) is 2. The average Bonchev–Trinajstić information content (AvgIpc) is 2.16. The lowest BCUT2D eigenvalue weighted by molar-refractivity contribution is 0.105. The zero-order chi connectivity index (χ0) is 10.8. The van der Waals surface area contributed by atoms with Crippen LogP contribution in [0, 0.1) is 5.92 Å². The van der Waals surface area contributed by atoms with Crippen LogP contribution in [0.25, 0.3) is 0 Å². The standard InChI is InChI=1S/C12H25N3/c1-10-6-11(7-10)13-8-12-9-14(2)4-5-15(12)3/h10-13H,4-9H2,1-3H3. The summed E-state index contributed by atoms with van der Waals surface area (Å²) >= 11 is 0. The molecule has 3 nitrogen and oxygen atoms in total. The first-order valence-corrected chi connectivity index (χ1v) is 6.27. The molecular formula is C12H25N3. The van der Waals surface area contributed by atoms with Gasteiger partial charge in [0.25, 0.3) is 0 Å². The van der Waals surface area contributed by atoms with Crippen LogP contribution in [0.2, 0.25) is 0 Å². The molecule has 1 heterocycles. The largest absolute Gasteiger partial charge is 0.312 e. The van der Waals surface area contributed by atoms with Crippen molar-refractivity contribution in [3.63, 3.8) is 0 Å². The maximum Gasteiger partial charge on any atom is 0.0345 e. The number of rotatable bonds is 3. The molecule has 0 aromatic heterocycles. The second-order valence-corrected chi connectivity index (χ2v) is 5.58. The second kappa shape index (κ2) is 4.81. The Morgan fingerprint density at radius 3 is 2.60 bits per heavy atom. The molecule has 0 bridgehead atoms. The van der Waals surface area contributed by atoms with Gasteiger partial charge >= 0.3 is 0 Å². The fourth-order valence-corrected chi connectivity index (χ4v) is 2.69. The first-order valence-electron chi connectivity index (χ1n) is 6.27. The van der Waals surface area contributed by atoms with E-state index in [1.807, 2.05) is 0 Å². The second-order valence-electron chi connectivity index (χ2n) is 5.58. The van der Waals surface area contributed by atoms with Crippen molar-refractivity contribution in [2.24, 2.45) is 5.92 Å². The molecule has 1 aliphatic heterocycles. The Kier molecular flexibility index (Phi) is 3.65. The minimum atomic E-state index is 0.708. The van der Waals surface area contributed by atoms with Gasteiger partial charge in [0.05, 0.1) is 0 Å². The van der Waals surface area contributed by atoms with E-state index in [-0.39, 0.29) is 0 Å². The van der Waals surface area contributed by atoms with Crippen molar-refractivity contribution in [1.82, 2.24) is 15.1 Å². The number of nitrogens with one attached hydrogen (secondary N) is 1. The molecule has 1 saturated heterocycles. The van der Waals surface area contributed by atoms with E-state index in [4.69, 9.17) is 0 Å². The van der Waals surface area contributed by atoms with E-state index in [1.165, 1.54) is 32.5 Å². The number of hydrogen-bond acceptors (Lipinski definition) is 3. The molecule has 15 heavy (non-hydrogen) atoms. The van der Waals surface area contributed by atoms with Crippen LogP contribution < -0.4 is 5.32 Å². The predicted octanol–water partition coefficient (Wildman–Crippen LogP) is 0.620. The van der Waals surface area contributed by atoms with Gasteiger partial charge in [-0.05, 0) is 32.9 Å². The van der Waals surface area contributed by atoms with Gasteiger partial charge in [-0.2, -0.15) is 0 Å². The lowest BCUT2D eigenvalue weighted by Gasteiger charge is -2.40. The van der Waals surface area contributed by atoms with Crippen LogP contribution in [0.3, 0.4) is 0 Å². The summed E-state index contributed by atoms with van der Waals surface area (Å²) in [6.45, 7) is 7.15. The predicted molar refractivity (Wildman–Crippen MR) is 64.1 cm³/mol. The van der Waals surface area contributed by atoms with Crippen LogP contribution >= 0.6 is 0 Å². The van der Waals surface area contributed by atoms with Crippen LogP contribution in [-0.4, -0.2) is 62.2 Å². The monoisotopic (exact) mass is 211 g/mol. The van der Waals surface area contributed by atoms with Gasteiger partial charge in [-0.3, -0.25) is 4.90 Å². The van der Waals surface area contributed by atoms with Gasteiger partial charge in [0.2, 0.25) is 0 Å². The molecule has 1 N–H and O–H groups in total. The van der Waals surface area contributed by atoms with Crippen molar-refractivity contribution in [1.29, 1.82) is 0 Å². The molecule has 0 spiro atoms. The first-order chi connectivity index (χ1) is 7.15. The summed E-state index contributed by atoms with van der Waals surface area (Å²) < 4.78 is 0. The first kappa shape index (κ1) is 11.4. The highest BCUT2D eigenvalue weighted by Gasteiger charge is 2.27. The van der Waals surface area contributed by atoms with Crippen molar-refractivity contribution < 1.29 is 0 Å². The van der Waals surface area contributed by atoms with E-state index >= 15 is 0 Å². The minimum Gasteiger partial charge on any atom is -0.312 e. The topological polar surface area (TPSA) is 18.5 Å².